The molecule has 2 aromatic heterocycles. The average molecular weight is 338 g/mol. The highest BCUT2D eigenvalue weighted by Crippen LogP contribution is 2.39. The molecule has 24 heavy (non-hydrogen) atoms. The van der Waals surface area contributed by atoms with Crippen LogP contribution in [0.5, 0.6) is 11.5 Å². The van der Waals surface area contributed by atoms with Gasteiger partial charge in [-0.1, -0.05) is 12.1 Å². The zero-order chi connectivity index (χ0) is 17.1. The molecule has 1 amide bonds. The topological polar surface area (TPSA) is 115 Å². The second kappa shape index (κ2) is 6.56. The molecule has 1 aromatic carbocycles. The number of hydrogen-bond acceptors (Lipinski definition) is 6. The third-order valence-corrected chi connectivity index (χ3v) is 4.62. The molecule has 3 rings (SSSR count). The van der Waals surface area contributed by atoms with Crippen molar-refractivity contribution in [2.24, 2.45) is 5.73 Å². The number of aryl methyl sites for hydroxylation is 1. The van der Waals surface area contributed by atoms with Crippen molar-refractivity contribution in [3.05, 3.63) is 47.0 Å². The molecule has 0 saturated heterocycles. The monoisotopic (exact) mass is 338 g/mol. The molecule has 0 atom stereocenters. The molecule has 3 aromatic rings. The highest BCUT2D eigenvalue weighted by atomic mass is 32.1. The van der Waals surface area contributed by atoms with Gasteiger partial charge in [-0.25, -0.2) is 4.98 Å². The van der Waals surface area contributed by atoms with Crippen molar-refractivity contribution in [2.45, 2.75) is 12.8 Å². The Morgan fingerprint density at radius 3 is 2.71 bits per heavy atom. The number of carbonyl (C=O) groups excluding carboxylic acids is 1. The lowest BCUT2D eigenvalue weighted by Crippen LogP contribution is -2.10. The molecule has 0 spiro atoms. The number of nitrogen functional groups attached to an aromatic ring is 1. The minimum absolute atomic E-state index is 0.278. The maximum atomic E-state index is 11.4. The number of carbonyl (C=O) groups is 1. The average Bonchev–Trinajstić information content (AvgIpc) is 2.92. The molecule has 7 heteroatoms. The summed E-state index contributed by atoms with van der Waals surface area (Å²) in [5.41, 5.74) is 12.7. The standard InChI is InChI=1S/C17H14N4O2S/c18-8-1-2-10-3-5-11(6-4-10)23-12-7-9-21-17-13(12)14(19)15(24-17)16(20)22/h3-7,9H,1-2,19H2,(H2,20,22). The number of nitrogens with two attached hydrogens (primary N) is 2. The fraction of sp³-hybridized carbons (Fsp3) is 0.118. The number of thiophene rings is 1. The van der Waals surface area contributed by atoms with Crippen LogP contribution in [0.4, 0.5) is 5.69 Å². The van der Waals surface area contributed by atoms with Crippen molar-refractivity contribution in [3.8, 4) is 17.6 Å². The fourth-order valence-corrected chi connectivity index (χ4v) is 3.27. The van der Waals surface area contributed by atoms with E-state index in [1.807, 2.05) is 24.3 Å². The van der Waals surface area contributed by atoms with E-state index >= 15 is 0 Å². The van der Waals surface area contributed by atoms with Crippen LogP contribution < -0.4 is 16.2 Å². The molecule has 0 aliphatic carbocycles. The highest BCUT2D eigenvalue weighted by molar-refractivity contribution is 7.21. The van der Waals surface area contributed by atoms with E-state index in [1.54, 1.807) is 12.3 Å². The number of anilines is 1. The molecule has 2 heterocycles. The molecule has 4 N–H and O–H groups in total. The van der Waals surface area contributed by atoms with Gasteiger partial charge in [0.05, 0.1) is 17.1 Å². The van der Waals surface area contributed by atoms with Crippen LogP contribution in [-0.4, -0.2) is 10.9 Å². The van der Waals surface area contributed by atoms with Gasteiger partial charge < -0.3 is 16.2 Å². The number of amides is 1. The second-order valence-electron chi connectivity index (χ2n) is 5.10. The number of benzene rings is 1. The lowest BCUT2D eigenvalue weighted by Gasteiger charge is -2.08. The molecule has 120 valence electrons. The first-order valence-corrected chi connectivity index (χ1v) is 8.02. The number of nitriles is 1. The first-order chi connectivity index (χ1) is 11.6. The van der Waals surface area contributed by atoms with E-state index < -0.39 is 5.91 Å². The molecule has 0 saturated carbocycles. The quantitative estimate of drug-likeness (QED) is 0.741. The Labute approximate surface area is 142 Å². The van der Waals surface area contributed by atoms with Gasteiger partial charge in [0, 0.05) is 12.6 Å². The van der Waals surface area contributed by atoms with Gasteiger partial charge in [0.25, 0.3) is 5.91 Å². The summed E-state index contributed by atoms with van der Waals surface area (Å²) in [5, 5.41) is 9.21. The molecule has 0 radical (unpaired) electrons. The SMILES string of the molecule is N#CCCc1ccc(Oc2ccnc3sc(C(N)=O)c(N)c23)cc1. The van der Waals surface area contributed by atoms with Crippen molar-refractivity contribution in [2.75, 3.05) is 5.73 Å². The predicted octanol–water partition coefficient (Wildman–Crippen LogP) is 3.23. The third kappa shape index (κ3) is 3.00. The van der Waals surface area contributed by atoms with Crippen molar-refractivity contribution >= 4 is 33.1 Å². The summed E-state index contributed by atoms with van der Waals surface area (Å²) in [6.45, 7) is 0. The first kappa shape index (κ1) is 15.8. The van der Waals surface area contributed by atoms with E-state index in [0.29, 0.717) is 34.6 Å². The highest BCUT2D eigenvalue weighted by Gasteiger charge is 2.18. The first-order valence-electron chi connectivity index (χ1n) is 7.20. The normalized spacial score (nSPS) is 10.5. The summed E-state index contributed by atoms with van der Waals surface area (Å²) in [5.74, 6) is 0.573. The van der Waals surface area contributed by atoms with Crippen LogP contribution in [0.3, 0.4) is 0 Å². The summed E-state index contributed by atoms with van der Waals surface area (Å²) < 4.78 is 5.89. The van der Waals surface area contributed by atoms with Gasteiger partial charge in [-0.05, 0) is 30.2 Å². The number of aromatic nitrogens is 1. The van der Waals surface area contributed by atoms with Gasteiger partial charge in [-0.15, -0.1) is 11.3 Å². The van der Waals surface area contributed by atoms with Crippen LogP contribution in [0, 0.1) is 11.3 Å². The van der Waals surface area contributed by atoms with Gasteiger partial charge in [0.1, 0.15) is 21.2 Å². The predicted molar refractivity (Wildman–Crippen MR) is 93.0 cm³/mol. The fourth-order valence-electron chi connectivity index (χ4n) is 2.34. The summed E-state index contributed by atoms with van der Waals surface area (Å²) >= 11 is 1.15. The molecule has 0 bridgehead atoms. The van der Waals surface area contributed by atoms with E-state index in [9.17, 15) is 4.79 Å². The zero-order valence-electron chi connectivity index (χ0n) is 12.7. The second-order valence-corrected chi connectivity index (χ2v) is 6.10. The molecular weight excluding hydrogens is 324 g/mol. The molecule has 0 aliphatic rings. The Morgan fingerprint density at radius 2 is 2.04 bits per heavy atom. The molecule has 0 fully saturated rings. The van der Waals surface area contributed by atoms with Crippen molar-refractivity contribution in [3.63, 3.8) is 0 Å². The Balaban J connectivity index is 1.93. The van der Waals surface area contributed by atoms with Crippen LogP contribution in [0.1, 0.15) is 21.7 Å². The lowest BCUT2D eigenvalue weighted by atomic mass is 10.1. The minimum atomic E-state index is -0.580. The van der Waals surface area contributed by atoms with E-state index in [4.69, 9.17) is 21.5 Å². The third-order valence-electron chi connectivity index (χ3n) is 3.49. The largest absolute Gasteiger partial charge is 0.456 e. The number of ether oxygens (including phenoxy) is 1. The van der Waals surface area contributed by atoms with Crippen LogP contribution in [-0.2, 0) is 6.42 Å². The minimum Gasteiger partial charge on any atom is -0.456 e. The smallest absolute Gasteiger partial charge is 0.260 e. The van der Waals surface area contributed by atoms with Crippen LogP contribution in [0.25, 0.3) is 10.2 Å². The van der Waals surface area contributed by atoms with E-state index in [-0.39, 0.29) is 10.6 Å². The Kier molecular flexibility index (Phi) is 4.31. The van der Waals surface area contributed by atoms with Gasteiger partial charge in [-0.2, -0.15) is 5.26 Å². The van der Waals surface area contributed by atoms with Crippen molar-refractivity contribution in [1.82, 2.24) is 4.98 Å². The summed E-state index contributed by atoms with van der Waals surface area (Å²) in [7, 11) is 0. The summed E-state index contributed by atoms with van der Waals surface area (Å²) in [6, 6.07) is 11.3. The maximum absolute atomic E-state index is 11.4. The van der Waals surface area contributed by atoms with Gasteiger partial charge >= 0.3 is 0 Å². The number of fused-ring (bicyclic) bond motifs is 1. The van der Waals surface area contributed by atoms with Gasteiger partial charge in [0.2, 0.25) is 0 Å². The van der Waals surface area contributed by atoms with E-state index in [1.165, 1.54) is 0 Å². The lowest BCUT2D eigenvalue weighted by molar-refractivity contribution is 0.100. The van der Waals surface area contributed by atoms with Crippen LogP contribution in [0.2, 0.25) is 0 Å². The number of hydrogen-bond donors (Lipinski definition) is 2. The Bertz CT molecular complexity index is 942. The molecular formula is C17H14N4O2S. The molecule has 0 aliphatic heterocycles. The number of primary amides is 1. The number of nitrogens with zero attached hydrogens (tertiary/aromatic N) is 2. The summed E-state index contributed by atoms with van der Waals surface area (Å²) in [4.78, 5) is 16.5. The number of pyridine rings is 1. The maximum Gasteiger partial charge on any atom is 0.260 e. The van der Waals surface area contributed by atoms with Crippen molar-refractivity contribution in [1.29, 1.82) is 5.26 Å². The zero-order valence-corrected chi connectivity index (χ0v) is 13.5. The Hall–Kier alpha value is -3.11. The van der Waals surface area contributed by atoms with E-state index in [0.717, 1.165) is 16.9 Å². The Morgan fingerprint density at radius 1 is 1.29 bits per heavy atom. The molecule has 6 nitrogen and oxygen atoms in total. The van der Waals surface area contributed by atoms with Crippen LogP contribution in [0.15, 0.2) is 36.5 Å². The molecule has 0 unspecified atom stereocenters. The summed E-state index contributed by atoms with van der Waals surface area (Å²) in [6.07, 6.45) is 2.78. The van der Waals surface area contributed by atoms with Crippen LogP contribution >= 0.6 is 11.3 Å². The van der Waals surface area contributed by atoms with Gasteiger partial charge in [-0.3, -0.25) is 4.79 Å². The van der Waals surface area contributed by atoms with E-state index in [2.05, 4.69) is 11.1 Å². The van der Waals surface area contributed by atoms with Gasteiger partial charge in [0.15, 0.2) is 0 Å². The number of rotatable bonds is 5. The van der Waals surface area contributed by atoms with Crippen molar-refractivity contribution < 1.29 is 9.53 Å².